The van der Waals surface area contributed by atoms with Crippen LogP contribution in [-0.4, -0.2) is 18.0 Å². The highest BCUT2D eigenvalue weighted by molar-refractivity contribution is 5.63. The summed E-state index contributed by atoms with van der Waals surface area (Å²) in [4.78, 5) is 10.9. The molecule has 0 aromatic carbocycles. The molecule has 0 aromatic rings. The van der Waals surface area contributed by atoms with E-state index in [0.29, 0.717) is 6.10 Å². The molecular formula is C10H14O2. The Hall–Kier alpha value is -0.370. The Labute approximate surface area is 72.3 Å². The van der Waals surface area contributed by atoms with Crippen molar-refractivity contribution in [3.63, 3.8) is 0 Å². The minimum absolute atomic E-state index is 0.339. The molecule has 2 nitrogen and oxygen atoms in total. The molecule has 2 saturated heterocycles. The van der Waals surface area contributed by atoms with Crippen LogP contribution in [0.5, 0.6) is 0 Å². The number of aldehydes is 1. The van der Waals surface area contributed by atoms with E-state index in [1.165, 1.54) is 19.3 Å². The molecular weight excluding hydrogens is 152 g/mol. The maximum absolute atomic E-state index is 10.9. The second-order valence-electron chi connectivity index (χ2n) is 4.77. The van der Waals surface area contributed by atoms with Gasteiger partial charge in [-0.3, -0.25) is 0 Å². The second-order valence-corrected chi connectivity index (χ2v) is 4.77. The van der Waals surface area contributed by atoms with Crippen LogP contribution in [0, 0.1) is 11.8 Å². The lowest BCUT2D eigenvalue weighted by molar-refractivity contribution is -0.208. The zero-order chi connectivity index (χ0) is 8.18. The summed E-state index contributed by atoms with van der Waals surface area (Å²) >= 11 is 0. The van der Waals surface area contributed by atoms with E-state index in [-0.39, 0.29) is 5.60 Å². The molecule has 12 heavy (non-hydrogen) atoms. The summed E-state index contributed by atoms with van der Waals surface area (Å²) in [7, 11) is 0. The Morgan fingerprint density at radius 1 is 1.17 bits per heavy atom. The molecule has 2 aliphatic carbocycles. The highest BCUT2D eigenvalue weighted by Crippen LogP contribution is 2.52. The first-order valence-corrected chi connectivity index (χ1v) is 4.94. The van der Waals surface area contributed by atoms with Gasteiger partial charge in [-0.25, -0.2) is 0 Å². The van der Waals surface area contributed by atoms with Crippen molar-refractivity contribution in [2.75, 3.05) is 0 Å². The van der Waals surface area contributed by atoms with Crippen molar-refractivity contribution < 1.29 is 9.53 Å². The highest BCUT2D eigenvalue weighted by Gasteiger charge is 2.51. The van der Waals surface area contributed by atoms with Crippen LogP contribution in [0.25, 0.3) is 0 Å². The van der Waals surface area contributed by atoms with Gasteiger partial charge in [0.1, 0.15) is 5.60 Å². The summed E-state index contributed by atoms with van der Waals surface area (Å²) in [5.74, 6) is 1.59. The van der Waals surface area contributed by atoms with Gasteiger partial charge in [0.25, 0.3) is 0 Å². The number of ether oxygens (including phenoxy) is 1. The van der Waals surface area contributed by atoms with E-state index in [9.17, 15) is 4.79 Å². The largest absolute Gasteiger partial charge is 0.364 e. The van der Waals surface area contributed by atoms with E-state index < -0.39 is 0 Å². The molecule has 0 N–H and O–H groups in total. The zero-order valence-corrected chi connectivity index (χ0v) is 7.16. The molecule has 0 aromatic heterocycles. The third-order valence-electron chi connectivity index (χ3n) is 3.74. The highest BCUT2D eigenvalue weighted by atomic mass is 16.5. The fourth-order valence-corrected chi connectivity index (χ4v) is 3.55. The summed E-state index contributed by atoms with van der Waals surface area (Å²) < 4.78 is 5.79. The van der Waals surface area contributed by atoms with Crippen LogP contribution >= 0.6 is 0 Å². The Morgan fingerprint density at radius 3 is 2.33 bits per heavy atom. The first kappa shape index (κ1) is 7.07. The summed E-state index contributed by atoms with van der Waals surface area (Å²) in [5.41, 5.74) is -0.339. The average Bonchev–Trinajstić information content (AvgIpc) is 2.02. The fourth-order valence-electron chi connectivity index (χ4n) is 3.55. The monoisotopic (exact) mass is 166 g/mol. The predicted octanol–water partition coefficient (Wildman–Crippen LogP) is 1.53. The quantitative estimate of drug-likeness (QED) is 0.552. The van der Waals surface area contributed by atoms with Gasteiger partial charge in [-0.15, -0.1) is 0 Å². The summed E-state index contributed by atoms with van der Waals surface area (Å²) in [6, 6.07) is 0. The van der Waals surface area contributed by atoms with Crippen LogP contribution in [0.2, 0.25) is 0 Å². The molecule has 4 fully saturated rings. The van der Waals surface area contributed by atoms with Gasteiger partial charge in [0.05, 0.1) is 6.10 Å². The average molecular weight is 166 g/mol. The molecule has 2 unspecified atom stereocenters. The van der Waals surface area contributed by atoms with Crippen LogP contribution in [0.4, 0.5) is 0 Å². The Morgan fingerprint density at radius 2 is 1.83 bits per heavy atom. The standard InChI is InChI=1S/C10H14O2/c11-6-10-4-7-1-8(5-10)3-9(2-7)12-10/h6-9H,1-5H2. The molecule has 4 aliphatic rings. The van der Waals surface area contributed by atoms with Gasteiger partial charge in [0, 0.05) is 0 Å². The van der Waals surface area contributed by atoms with Gasteiger partial charge >= 0.3 is 0 Å². The van der Waals surface area contributed by atoms with E-state index in [2.05, 4.69) is 0 Å². The van der Waals surface area contributed by atoms with E-state index in [4.69, 9.17) is 4.74 Å². The van der Waals surface area contributed by atoms with Crippen LogP contribution < -0.4 is 0 Å². The third kappa shape index (κ3) is 0.817. The van der Waals surface area contributed by atoms with Crippen LogP contribution in [0.15, 0.2) is 0 Å². The maximum Gasteiger partial charge on any atom is 0.151 e. The molecule has 4 bridgehead atoms. The van der Waals surface area contributed by atoms with Crippen LogP contribution in [0.3, 0.4) is 0 Å². The van der Waals surface area contributed by atoms with Gasteiger partial charge in [-0.05, 0) is 43.9 Å². The van der Waals surface area contributed by atoms with Gasteiger partial charge in [-0.1, -0.05) is 0 Å². The molecule has 2 heterocycles. The van der Waals surface area contributed by atoms with Crippen LogP contribution in [-0.2, 0) is 9.53 Å². The van der Waals surface area contributed by atoms with Crippen LogP contribution in [0.1, 0.15) is 32.1 Å². The molecule has 0 radical (unpaired) electrons. The van der Waals surface area contributed by atoms with Gasteiger partial charge in [-0.2, -0.15) is 0 Å². The summed E-state index contributed by atoms with van der Waals surface area (Å²) in [6.45, 7) is 0. The number of rotatable bonds is 1. The fraction of sp³-hybridized carbons (Fsp3) is 0.900. The molecule has 2 saturated carbocycles. The molecule has 0 amide bonds. The first-order chi connectivity index (χ1) is 5.80. The van der Waals surface area contributed by atoms with Gasteiger partial charge in [0.15, 0.2) is 6.29 Å². The van der Waals surface area contributed by atoms with Crippen molar-refractivity contribution in [1.82, 2.24) is 0 Å². The zero-order valence-electron chi connectivity index (χ0n) is 7.16. The minimum atomic E-state index is -0.339. The number of hydrogen-bond donors (Lipinski definition) is 0. The van der Waals surface area contributed by atoms with Crippen molar-refractivity contribution in [2.24, 2.45) is 11.8 Å². The van der Waals surface area contributed by atoms with Gasteiger partial charge < -0.3 is 9.53 Å². The predicted molar refractivity (Wildman–Crippen MR) is 43.7 cm³/mol. The molecule has 2 aliphatic heterocycles. The van der Waals surface area contributed by atoms with E-state index in [1.54, 1.807) is 0 Å². The Kier molecular flexibility index (Phi) is 1.24. The van der Waals surface area contributed by atoms with Crippen molar-refractivity contribution in [1.29, 1.82) is 0 Å². The number of carbonyl (C=O) groups excluding carboxylic acids is 1. The van der Waals surface area contributed by atoms with Gasteiger partial charge in [0.2, 0.25) is 0 Å². The molecule has 0 spiro atoms. The topological polar surface area (TPSA) is 26.3 Å². The lowest BCUT2D eigenvalue weighted by Gasteiger charge is -2.54. The number of carbonyl (C=O) groups is 1. The van der Waals surface area contributed by atoms with E-state index >= 15 is 0 Å². The second kappa shape index (κ2) is 2.11. The van der Waals surface area contributed by atoms with Crippen molar-refractivity contribution in [2.45, 2.75) is 43.8 Å². The van der Waals surface area contributed by atoms with Crippen molar-refractivity contribution >= 4 is 6.29 Å². The smallest absolute Gasteiger partial charge is 0.151 e. The maximum atomic E-state index is 10.9. The Bertz CT molecular complexity index is 187. The molecule has 4 rings (SSSR count). The van der Waals surface area contributed by atoms with E-state index in [0.717, 1.165) is 31.0 Å². The number of hydrogen-bond acceptors (Lipinski definition) is 2. The Balaban J connectivity index is 1.95. The third-order valence-corrected chi connectivity index (χ3v) is 3.74. The first-order valence-electron chi connectivity index (χ1n) is 4.94. The summed E-state index contributed by atoms with van der Waals surface area (Å²) in [6.07, 6.45) is 7.28. The lowest BCUT2D eigenvalue weighted by atomic mass is 9.62. The normalized spacial score (nSPS) is 55.8. The van der Waals surface area contributed by atoms with Crippen molar-refractivity contribution in [3.8, 4) is 0 Å². The molecule has 2 atom stereocenters. The summed E-state index contributed by atoms with van der Waals surface area (Å²) in [5, 5.41) is 0. The molecule has 2 heteroatoms. The van der Waals surface area contributed by atoms with E-state index in [1.807, 2.05) is 0 Å². The SMILES string of the molecule is O=CC12CC3CC(CC(C3)O1)C2. The van der Waals surface area contributed by atoms with Crippen molar-refractivity contribution in [3.05, 3.63) is 0 Å². The minimum Gasteiger partial charge on any atom is -0.364 e. The lowest BCUT2D eigenvalue weighted by Crippen LogP contribution is -2.55. The molecule has 66 valence electrons.